The van der Waals surface area contributed by atoms with Gasteiger partial charge in [0.15, 0.2) is 0 Å². The van der Waals surface area contributed by atoms with Crippen molar-refractivity contribution in [1.29, 1.82) is 0 Å². The summed E-state index contributed by atoms with van der Waals surface area (Å²) >= 11 is 6.12. The first kappa shape index (κ1) is 23.4. The van der Waals surface area contributed by atoms with Gasteiger partial charge in [-0.05, 0) is 56.9 Å². The van der Waals surface area contributed by atoms with Crippen LogP contribution >= 0.6 is 11.6 Å². The quantitative estimate of drug-likeness (QED) is 0.536. The van der Waals surface area contributed by atoms with Crippen LogP contribution in [-0.2, 0) is 17.4 Å². The number of anilines is 1. The van der Waals surface area contributed by atoms with E-state index in [1.165, 1.54) is 12.1 Å². The van der Waals surface area contributed by atoms with E-state index in [2.05, 4.69) is 15.5 Å². The van der Waals surface area contributed by atoms with Crippen LogP contribution in [-0.4, -0.2) is 35.2 Å². The number of alkyl halides is 3. The predicted octanol–water partition coefficient (Wildman–Crippen LogP) is 5.31. The Bertz CT molecular complexity index is 1160. The first-order chi connectivity index (χ1) is 15.6. The van der Waals surface area contributed by atoms with Crippen LogP contribution in [0.25, 0.3) is 10.9 Å². The van der Waals surface area contributed by atoms with E-state index in [0.717, 1.165) is 37.4 Å². The summed E-state index contributed by atoms with van der Waals surface area (Å²) in [5, 5.41) is 7.82. The molecule has 1 aromatic carbocycles. The summed E-state index contributed by atoms with van der Waals surface area (Å²) < 4.78 is 45.4. The average Bonchev–Trinajstić information content (AvgIpc) is 3.16. The smallest absolute Gasteiger partial charge is 0.371 e. The van der Waals surface area contributed by atoms with E-state index >= 15 is 0 Å². The average molecular weight is 481 g/mol. The molecule has 1 amide bonds. The molecule has 1 aliphatic carbocycles. The van der Waals surface area contributed by atoms with Crippen molar-refractivity contribution in [3.05, 3.63) is 52.5 Å². The van der Waals surface area contributed by atoms with Gasteiger partial charge in [-0.1, -0.05) is 16.8 Å². The van der Waals surface area contributed by atoms with Crippen LogP contribution in [0, 0.1) is 6.92 Å². The van der Waals surface area contributed by atoms with Crippen LogP contribution in [0.2, 0.25) is 5.02 Å². The van der Waals surface area contributed by atoms with E-state index in [9.17, 15) is 18.0 Å². The Morgan fingerprint density at radius 1 is 1.21 bits per heavy atom. The van der Waals surface area contributed by atoms with Gasteiger partial charge in [-0.25, -0.2) is 4.98 Å². The third-order valence-corrected chi connectivity index (χ3v) is 6.28. The lowest BCUT2D eigenvalue weighted by molar-refractivity contribution is -0.140. The molecule has 4 rings (SSSR count). The number of pyridine rings is 1. The molecule has 0 bridgehead atoms. The van der Waals surface area contributed by atoms with Gasteiger partial charge in [-0.3, -0.25) is 4.79 Å². The number of amides is 1. The highest BCUT2D eigenvalue weighted by Gasteiger charge is 2.34. The molecule has 3 aromatic rings. The van der Waals surface area contributed by atoms with E-state index in [1.807, 2.05) is 4.90 Å². The van der Waals surface area contributed by atoms with Gasteiger partial charge in [0.1, 0.15) is 11.5 Å². The number of fused-ring (bicyclic) bond motifs is 1. The summed E-state index contributed by atoms with van der Waals surface area (Å²) in [4.78, 5) is 18.0. The molecule has 176 valence electrons. The third kappa shape index (κ3) is 5.40. The van der Waals surface area contributed by atoms with Crippen molar-refractivity contribution in [3.63, 3.8) is 0 Å². The van der Waals surface area contributed by atoms with Crippen LogP contribution in [0.3, 0.4) is 0 Å². The van der Waals surface area contributed by atoms with Gasteiger partial charge in [-0.2, -0.15) is 13.2 Å². The van der Waals surface area contributed by atoms with Crippen molar-refractivity contribution in [2.75, 3.05) is 11.9 Å². The zero-order valence-corrected chi connectivity index (χ0v) is 19.0. The largest absolute Gasteiger partial charge is 0.433 e. The molecular formula is C23H24ClF3N4O2. The number of aromatic nitrogens is 2. The third-order valence-electron chi connectivity index (χ3n) is 6.04. The summed E-state index contributed by atoms with van der Waals surface area (Å²) in [5.41, 5.74) is 0.491. The molecule has 2 heterocycles. The highest BCUT2D eigenvalue weighted by molar-refractivity contribution is 6.31. The summed E-state index contributed by atoms with van der Waals surface area (Å²) in [6.45, 7) is 1.79. The maximum absolute atomic E-state index is 13.5. The van der Waals surface area contributed by atoms with E-state index in [1.54, 1.807) is 26.1 Å². The molecule has 1 saturated carbocycles. The molecule has 1 aliphatic rings. The number of nitrogens with zero attached hydrogens (tertiary/aromatic N) is 3. The van der Waals surface area contributed by atoms with E-state index in [4.69, 9.17) is 16.1 Å². The van der Waals surface area contributed by atoms with Crippen molar-refractivity contribution in [1.82, 2.24) is 15.5 Å². The van der Waals surface area contributed by atoms with Crippen molar-refractivity contribution in [2.45, 2.75) is 57.3 Å². The fourth-order valence-corrected chi connectivity index (χ4v) is 4.53. The lowest BCUT2D eigenvalue weighted by atomic mass is 9.89. The van der Waals surface area contributed by atoms with Gasteiger partial charge in [0, 0.05) is 41.3 Å². The SMILES string of the molecule is Cc1cc(CC(=O)NC2CCC(N(C)c3cc(C(F)(F)F)nc4ccc(Cl)cc34)CC2)on1. The number of carbonyl (C=O) groups is 1. The summed E-state index contributed by atoms with van der Waals surface area (Å²) in [7, 11) is 1.80. The molecule has 0 radical (unpaired) electrons. The van der Waals surface area contributed by atoms with Gasteiger partial charge < -0.3 is 14.7 Å². The van der Waals surface area contributed by atoms with Crippen LogP contribution in [0.5, 0.6) is 0 Å². The van der Waals surface area contributed by atoms with Gasteiger partial charge >= 0.3 is 6.18 Å². The van der Waals surface area contributed by atoms with Crippen molar-refractivity contribution in [2.24, 2.45) is 0 Å². The zero-order chi connectivity index (χ0) is 23.8. The molecule has 1 fully saturated rings. The molecular weight excluding hydrogens is 457 g/mol. The molecule has 0 spiro atoms. The van der Waals surface area contributed by atoms with Gasteiger partial charge in [0.2, 0.25) is 5.91 Å². The second-order valence-electron chi connectivity index (χ2n) is 8.48. The summed E-state index contributed by atoms with van der Waals surface area (Å²) in [5.74, 6) is 0.384. The van der Waals surface area contributed by atoms with Gasteiger partial charge in [-0.15, -0.1) is 0 Å². The van der Waals surface area contributed by atoms with Gasteiger partial charge in [0.05, 0.1) is 17.6 Å². The lowest BCUT2D eigenvalue weighted by Crippen LogP contribution is -2.43. The molecule has 0 unspecified atom stereocenters. The Hall–Kier alpha value is -2.81. The van der Waals surface area contributed by atoms with Crippen molar-refractivity contribution in [3.8, 4) is 0 Å². The summed E-state index contributed by atoms with van der Waals surface area (Å²) in [6.07, 6.45) is -1.50. The molecule has 2 aromatic heterocycles. The number of carbonyl (C=O) groups excluding carboxylic acids is 1. The maximum Gasteiger partial charge on any atom is 0.433 e. The molecule has 0 atom stereocenters. The number of halogens is 4. The minimum absolute atomic E-state index is 0.0144. The number of hydrogen-bond donors (Lipinski definition) is 1. The molecule has 0 saturated heterocycles. The summed E-state index contributed by atoms with van der Waals surface area (Å²) in [6, 6.07) is 7.55. The van der Waals surface area contributed by atoms with Crippen LogP contribution in [0.1, 0.15) is 42.8 Å². The van der Waals surface area contributed by atoms with Crippen molar-refractivity contribution < 1.29 is 22.5 Å². The van der Waals surface area contributed by atoms with Crippen LogP contribution in [0.15, 0.2) is 34.9 Å². The highest BCUT2D eigenvalue weighted by atomic mass is 35.5. The van der Waals surface area contributed by atoms with E-state index in [-0.39, 0.29) is 29.9 Å². The maximum atomic E-state index is 13.5. The standard InChI is InChI=1S/C23H24ClF3N4O2/c1-13-9-17(33-30-13)11-22(32)28-15-4-6-16(7-5-15)31(2)20-12-21(23(25,26)27)29-19-8-3-14(24)10-18(19)20/h3,8-10,12,15-16H,4-7,11H2,1-2H3,(H,28,32). The molecule has 1 N–H and O–H groups in total. The Kier molecular flexibility index (Phi) is 6.52. The fraction of sp³-hybridized carbons (Fsp3) is 0.435. The first-order valence-electron chi connectivity index (χ1n) is 10.7. The topological polar surface area (TPSA) is 71.3 Å². The number of aryl methyl sites for hydroxylation is 1. The Morgan fingerprint density at radius 3 is 2.58 bits per heavy atom. The molecule has 33 heavy (non-hydrogen) atoms. The number of hydrogen-bond acceptors (Lipinski definition) is 5. The van der Waals surface area contributed by atoms with Crippen molar-refractivity contribution >= 4 is 34.1 Å². The van der Waals surface area contributed by atoms with Gasteiger partial charge in [0.25, 0.3) is 0 Å². The highest BCUT2D eigenvalue weighted by Crippen LogP contribution is 2.37. The minimum Gasteiger partial charge on any atom is -0.371 e. The second kappa shape index (κ2) is 9.21. The van der Waals surface area contributed by atoms with E-state index < -0.39 is 11.9 Å². The molecule has 10 heteroatoms. The fourth-order valence-electron chi connectivity index (χ4n) is 4.36. The first-order valence-corrected chi connectivity index (χ1v) is 11.1. The number of rotatable bonds is 5. The molecule has 6 nitrogen and oxygen atoms in total. The lowest BCUT2D eigenvalue weighted by Gasteiger charge is -2.37. The Morgan fingerprint density at radius 2 is 1.94 bits per heavy atom. The number of benzene rings is 1. The normalized spacial score (nSPS) is 19.0. The molecule has 0 aliphatic heterocycles. The minimum atomic E-state index is -4.55. The zero-order valence-electron chi connectivity index (χ0n) is 18.2. The second-order valence-corrected chi connectivity index (χ2v) is 8.92. The monoisotopic (exact) mass is 480 g/mol. The Balaban J connectivity index is 1.45. The van der Waals surface area contributed by atoms with E-state index in [0.29, 0.717) is 21.9 Å². The predicted molar refractivity (Wildman–Crippen MR) is 119 cm³/mol. The number of nitrogens with one attached hydrogen (secondary N) is 1. The van der Waals surface area contributed by atoms with Crippen LogP contribution in [0.4, 0.5) is 18.9 Å². The Labute approximate surface area is 194 Å². The van der Waals surface area contributed by atoms with Crippen LogP contribution < -0.4 is 10.2 Å².